The number of rotatable bonds is 1. The zero-order valence-electron chi connectivity index (χ0n) is 9.03. The second kappa shape index (κ2) is 3.78. The summed E-state index contributed by atoms with van der Waals surface area (Å²) < 4.78 is 14.7. The highest BCUT2D eigenvalue weighted by Crippen LogP contribution is 2.26. The third kappa shape index (κ3) is 1.68. The van der Waals surface area contributed by atoms with Gasteiger partial charge in [0.1, 0.15) is 5.82 Å². The molecule has 0 aliphatic rings. The van der Waals surface area contributed by atoms with Gasteiger partial charge in [-0.3, -0.25) is 4.68 Å². The zero-order valence-corrected chi connectivity index (χ0v) is 9.03. The maximum atomic E-state index is 13.0. The molecule has 0 bridgehead atoms. The Morgan fingerprint density at radius 1 is 1.38 bits per heavy atom. The summed E-state index contributed by atoms with van der Waals surface area (Å²) in [5.74, 6) is -0.401. The molecule has 0 N–H and O–H groups in total. The van der Waals surface area contributed by atoms with Gasteiger partial charge in [-0.2, -0.15) is 10.4 Å². The summed E-state index contributed by atoms with van der Waals surface area (Å²) in [6.07, 6.45) is 1.82. The lowest BCUT2D eigenvalue weighted by atomic mass is 10.0. The molecule has 1 aromatic heterocycles. The van der Waals surface area contributed by atoms with E-state index in [1.807, 2.05) is 26.2 Å². The molecule has 0 unspecified atom stereocenters. The molecule has 0 radical (unpaired) electrons. The van der Waals surface area contributed by atoms with Gasteiger partial charge in [0.2, 0.25) is 0 Å². The number of aryl methyl sites for hydroxylation is 2. The van der Waals surface area contributed by atoms with Crippen molar-refractivity contribution in [3.63, 3.8) is 0 Å². The van der Waals surface area contributed by atoms with E-state index >= 15 is 0 Å². The van der Waals surface area contributed by atoms with Crippen LogP contribution in [0.25, 0.3) is 11.1 Å². The van der Waals surface area contributed by atoms with Gasteiger partial charge in [-0.05, 0) is 19.1 Å². The second-order valence-electron chi connectivity index (χ2n) is 3.60. The number of halogens is 1. The highest BCUT2D eigenvalue weighted by molar-refractivity contribution is 5.71. The summed E-state index contributed by atoms with van der Waals surface area (Å²) in [6.45, 7) is 1.86. The van der Waals surface area contributed by atoms with Gasteiger partial charge < -0.3 is 0 Å². The Balaban J connectivity index is 2.65. The summed E-state index contributed by atoms with van der Waals surface area (Å²) in [5, 5.41) is 13.2. The van der Waals surface area contributed by atoms with Crippen molar-refractivity contribution < 1.29 is 4.39 Å². The van der Waals surface area contributed by atoms with Crippen molar-refractivity contribution in [1.82, 2.24) is 9.78 Å². The van der Waals surface area contributed by atoms with Gasteiger partial charge in [-0.15, -0.1) is 0 Å². The van der Waals surface area contributed by atoms with Crippen LogP contribution in [0.1, 0.15) is 11.3 Å². The fourth-order valence-electron chi connectivity index (χ4n) is 1.71. The van der Waals surface area contributed by atoms with E-state index in [9.17, 15) is 4.39 Å². The predicted octanol–water partition coefficient (Wildman–Crippen LogP) is 2.41. The van der Waals surface area contributed by atoms with Gasteiger partial charge in [0.25, 0.3) is 0 Å². The molecular formula is C12H10FN3. The lowest BCUT2D eigenvalue weighted by molar-refractivity contribution is 0.627. The average Bonchev–Trinajstić information content (AvgIpc) is 2.57. The van der Waals surface area contributed by atoms with E-state index in [4.69, 9.17) is 5.26 Å². The van der Waals surface area contributed by atoms with Crippen LogP contribution in [0.4, 0.5) is 4.39 Å². The Morgan fingerprint density at radius 2 is 2.12 bits per heavy atom. The Kier molecular flexibility index (Phi) is 2.45. The minimum atomic E-state index is -0.401. The fourth-order valence-corrected chi connectivity index (χ4v) is 1.71. The van der Waals surface area contributed by atoms with E-state index in [1.54, 1.807) is 10.7 Å². The van der Waals surface area contributed by atoms with Crippen molar-refractivity contribution >= 4 is 0 Å². The van der Waals surface area contributed by atoms with Crippen molar-refractivity contribution in [3.8, 4) is 17.2 Å². The highest BCUT2D eigenvalue weighted by Gasteiger charge is 2.11. The van der Waals surface area contributed by atoms with Crippen molar-refractivity contribution in [3.05, 3.63) is 41.5 Å². The van der Waals surface area contributed by atoms with Gasteiger partial charge >= 0.3 is 0 Å². The molecule has 3 nitrogen and oxygen atoms in total. The quantitative estimate of drug-likeness (QED) is 0.733. The third-order valence-corrected chi connectivity index (χ3v) is 2.41. The molecule has 0 aliphatic carbocycles. The first-order valence-corrected chi connectivity index (χ1v) is 4.82. The van der Waals surface area contributed by atoms with Gasteiger partial charge in [-0.1, -0.05) is 6.07 Å². The smallest absolute Gasteiger partial charge is 0.124 e. The van der Waals surface area contributed by atoms with Crippen molar-refractivity contribution in [2.45, 2.75) is 6.92 Å². The van der Waals surface area contributed by atoms with Crippen LogP contribution < -0.4 is 0 Å². The van der Waals surface area contributed by atoms with E-state index in [-0.39, 0.29) is 0 Å². The molecule has 0 saturated heterocycles. The molecule has 16 heavy (non-hydrogen) atoms. The molecule has 0 amide bonds. The normalized spacial score (nSPS) is 10.1. The summed E-state index contributed by atoms with van der Waals surface area (Å²) in [7, 11) is 1.81. The van der Waals surface area contributed by atoms with Crippen LogP contribution in [0.5, 0.6) is 0 Å². The fraction of sp³-hybridized carbons (Fsp3) is 0.167. The van der Waals surface area contributed by atoms with Crippen LogP contribution in [-0.4, -0.2) is 9.78 Å². The molecule has 1 heterocycles. The molecule has 0 saturated carbocycles. The van der Waals surface area contributed by atoms with Crippen LogP contribution in [0.2, 0.25) is 0 Å². The maximum absolute atomic E-state index is 13.0. The summed E-state index contributed by atoms with van der Waals surface area (Å²) >= 11 is 0. The van der Waals surface area contributed by atoms with E-state index in [2.05, 4.69) is 5.10 Å². The minimum Gasteiger partial charge on any atom is -0.275 e. The number of hydrogen-bond acceptors (Lipinski definition) is 2. The lowest BCUT2D eigenvalue weighted by Crippen LogP contribution is -1.86. The Bertz CT molecular complexity index is 578. The van der Waals surface area contributed by atoms with Crippen molar-refractivity contribution in [2.24, 2.45) is 7.05 Å². The van der Waals surface area contributed by atoms with Crippen LogP contribution >= 0.6 is 0 Å². The first-order valence-electron chi connectivity index (χ1n) is 4.82. The second-order valence-corrected chi connectivity index (χ2v) is 3.60. The SMILES string of the molecule is Cc1nn(C)cc1-c1ccc(F)cc1C#N. The maximum Gasteiger partial charge on any atom is 0.124 e. The molecule has 0 spiro atoms. The topological polar surface area (TPSA) is 41.6 Å². The molecule has 0 fully saturated rings. The number of nitriles is 1. The number of aromatic nitrogens is 2. The van der Waals surface area contributed by atoms with Gasteiger partial charge in [0.05, 0.1) is 17.3 Å². The molecule has 80 valence electrons. The molecule has 4 heteroatoms. The van der Waals surface area contributed by atoms with Gasteiger partial charge in [0, 0.05) is 24.4 Å². The zero-order chi connectivity index (χ0) is 11.7. The van der Waals surface area contributed by atoms with Crippen LogP contribution in [-0.2, 0) is 7.05 Å². The van der Waals surface area contributed by atoms with E-state index < -0.39 is 5.82 Å². The Labute approximate surface area is 92.7 Å². The van der Waals surface area contributed by atoms with E-state index in [1.165, 1.54) is 12.1 Å². The van der Waals surface area contributed by atoms with Crippen LogP contribution in [0.15, 0.2) is 24.4 Å². The Morgan fingerprint density at radius 3 is 2.69 bits per heavy atom. The van der Waals surface area contributed by atoms with E-state index in [0.29, 0.717) is 5.56 Å². The highest BCUT2D eigenvalue weighted by atomic mass is 19.1. The van der Waals surface area contributed by atoms with E-state index in [0.717, 1.165) is 16.8 Å². The number of nitrogens with zero attached hydrogens (tertiary/aromatic N) is 3. The third-order valence-electron chi connectivity index (χ3n) is 2.41. The minimum absolute atomic E-state index is 0.330. The lowest BCUT2D eigenvalue weighted by Gasteiger charge is -2.01. The molecule has 0 atom stereocenters. The first-order chi connectivity index (χ1) is 7.61. The predicted molar refractivity (Wildman–Crippen MR) is 58.1 cm³/mol. The molecular weight excluding hydrogens is 205 g/mol. The molecule has 2 aromatic rings. The van der Waals surface area contributed by atoms with Crippen molar-refractivity contribution in [2.75, 3.05) is 0 Å². The van der Waals surface area contributed by atoms with Gasteiger partial charge in [0.15, 0.2) is 0 Å². The number of benzene rings is 1. The Hall–Kier alpha value is -2.15. The summed E-state index contributed by atoms with van der Waals surface area (Å²) in [4.78, 5) is 0. The van der Waals surface area contributed by atoms with Crippen molar-refractivity contribution in [1.29, 1.82) is 5.26 Å². The largest absolute Gasteiger partial charge is 0.275 e. The first kappa shape index (κ1) is 10.4. The summed E-state index contributed by atoms with van der Waals surface area (Å²) in [6, 6.07) is 6.19. The molecule has 0 aliphatic heterocycles. The van der Waals surface area contributed by atoms with Crippen LogP contribution in [0.3, 0.4) is 0 Å². The monoisotopic (exact) mass is 215 g/mol. The average molecular weight is 215 g/mol. The molecule has 1 aromatic carbocycles. The molecule has 2 rings (SSSR count). The summed E-state index contributed by atoms with van der Waals surface area (Å²) in [5.41, 5.74) is 2.73. The number of hydrogen-bond donors (Lipinski definition) is 0. The van der Waals surface area contributed by atoms with Crippen LogP contribution in [0, 0.1) is 24.1 Å². The standard InChI is InChI=1S/C12H10FN3/c1-8-12(7-16(2)15-8)11-4-3-10(13)5-9(11)6-14/h3-5,7H,1-2H3. The van der Waals surface area contributed by atoms with Gasteiger partial charge in [-0.25, -0.2) is 4.39 Å².